The molecule has 6 heteroatoms. The minimum absolute atomic E-state index is 0.249. The highest BCUT2D eigenvalue weighted by Crippen LogP contribution is 2.31. The highest BCUT2D eigenvalue weighted by molar-refractivity contribution is 5.43. The third-order valence-corrected chi connectivity index (χ3v) is 2.24. The third-order valence-electron chi connectivity index (χ3n) is 2.24. The van der Waals surface area contributed by atoms with E-state index in [2.05, 4.69) is 10.0 Å². The van der Waals surface area contributed by atoms with Crippen LogP contribution in [-0.4, -0.2) is 25.4 Å². The molecule has 0 aromatic heterocycles. The third kappa shape index (κ3) is 3.27. The molecule has 1 unspecified atom stereocenters. The van der Waals surface area contributed by atoms with Crippen LogP contribution in [0.15, 0.2) is 23.3 Å². The van der Waals surface area contributed by atoms with Crippen LogP contribution in [0.1, 0.15) is 18.5 Å². The van der Waals surface area contributed by atoms with Crippen molar-refractivity contribution in [2.45, 2.75) is 13.0 Å². The molecule has 1 rings (SSSR count). The standard InChI is InChI=1S/C11H15N3O3/c1-3-17-10-5-4-8(6-11(10)16-2)9(7-15)13-14-12/h4-6,9,15H,3,7H2,1-2H3. The Morgan fingerprint density at radius 3 is 2.76 bits per heavy atom. The Hall–Kier alpha value is -1.91. The Bertz CT molecular complexity index is 416. The van der Waals surface area contributed by atoms with Crippen LogP contribution in [0.5, 0.6) is 11.5 Å². The molecule has 0 spiro atoms. The van der Waals surface area contributed by atoms with Gasteiger partial charge in [0.1, 0.15) is 0 Å². The van der Waals surface area contributed by atoms with Gasteiger partial charge < -0.3 is 14.6 Å². The lowest BCUT2D eigenvalue weighted by atomic mass is 10.1. The first-order valence-corrected chi connectivity index (χ1v) is 5.22. The first kappa shape index (κ1) is 13.2. The maximum Gasteiger partial charge on any atom is 0.161 e. The van der Waals surface area contributed by atoms with Crippen molar-refractivity contribution in [3.8, 4) is 11.5 Å². The van der Waals surface area contributed by atoms with Gasteiger partial charge in [0.2, 0.25) is 0 Å². The molecule has 1 aromatic carbocycles. The number of aliphatic hydroxyl groups is 1. The molecule has 1 N–H and O–H groups in total. The van der Waals surface area contributed by atoms with Gasteiger partial charge in [0.25, 0.3) is 0 Å². The van der Waals surface area contributed by atoms with Crippen LogP contribution in [0.2, 0.25) is 0 Å². The zero-order valence-corrected chi connectivity index (χ0v) is 9.83. The van der Waals surface area contributed by atoms with E-state index in [-0.39, 0.29) is 6.61 Å². The van der Waals surface area contributed by atoms with Gasteiger partial charge in [0, 0.05) is 4.91 Å². The van der Waals surface area contributed by atoms with Gasteiger partial charge in [-0.1, -0.05) is 11.2 Å². The largest absolute Gasteiger partial charge is 0.493 e. The summed E-state index contributed by atoms with van der Waals surface area (Å²) >= 11 is 0. The Morgan fingerprint density at radius 1 is 1.47 bits per heavy atom. The van der Waals surface area contributed by atoms with Gasteiger partial charge in [-0.3, -0.25) is 0 Å². The molecule has 92 valence electrons. The summed E-state index contributed by atoms with van der Waals surface area (Å²) in [5.74, 6) is 1.17. The second-order valence-corrected chi connectivity index (χ2v) is 3.25. The topological polar surface area (TPSA) is 87.5 Å². The lowest BCUT2D eigenvalue weighted by molar-refractivity contribution is 0.267. The van der Waals surface area contributed by atoms with Crippen LogP contribution >= 0.6 is 0 Å². The van der Waals surface area contributed by atoms with Gasteiger partial charge >= 0.3 is 0 Å². The number of hydrogen-bond acceptors (Lipinski definition) is 4. The average molecular weight is 237 g/mol. The van der Waals surface area contributed by atoms with Crippen LogP contribution in [-0.2, 0) is 0 Å². The first-order chi connectivity index (χ1) is 8.26. The molecule has 0 bridgehead atoms. The molecule has 1 atom stereocenters. The number of ether oxygens (including phenoxy) is 2. The second-order valence-electron chi connectivity index (χ2n) is 3.25. The molecule has 17 heavy (non-hydrogen) atoms. The highest BCUT2D eigenvalue weighted by Gasteiger charge is 2.12. The molecular formula is C11H15N3O3. The smallest absolute Gasteiger partial charge is 0.161 e. The van der Waals surface area contributed by atoms with Crippen LogP contribution in [0.3, 0.4) is 0 Å². The number of aliphatic hydroxyl groups excluding tert-OH is 1. The van der Waals surface area contributed by atoms with Crippen molar-refractivity contribution < 1.29 is 14.6 Å². The Balaban J connectivity index is 3.06. The van der Waals surface area contributed by atoms with E-state index < -0.39 is 6.04 Å². The molecule has 0 radical (unpaired) electrons. The van der Waals surface area contributed by atoms with Gasteiger partial charge in [-0.2, -0.15) is 0 Å². The normalized spacial score (nSPS) is 11.5. The number of hydrogen-bond donors (Lipinski definition) is 1. The number of benzene rings is 1. The van der Waals surface area contributed by atoms with Crippen molar-refractivity contribution in [3.63, 3.8) is 0 Å². The second kappa shape index (κ2) is 6.62. The highest BCUT2D eigenvalue weighted by atomic mass is 16.5. The summed E-state index contributed by atoms with van der Waals surface area (Å²) in [6, 6.07) is 4.56. The Kier molecular flexibility index (Phi) is 5.13. The fraction of sp³-hybridized carbons (Fsp3) is 0.455. The Labute approximate surface area is 99.4 Å². The zero-order chi connectivity index (χ0) is 12.7. The lowest BCUT2D eigenvalue weighted by Gasteiger charge is -2.13. The summed E-state index contributed by atoms with van der Waals surface area (Å²) < 4.78 is 10.5. The number of rotatable bonds is 6. The number of methoxy groups -OCH3 is 1. The van der Waals surface area contributed by atoms with E-state index in [1.165, 1.54) is 7.11 Å². The molecular weight excluding hydrogens is 222 g/mol. The quantitative estimate of drug-likeness (QED) is 0.468. The molecule has 0 aliphatic carbocycles. The monoisotopic (exact) mass is 237 g/mol. The molecule has 0 amide bonds. The van der Waals surface area contributed by atoms with E-state index in [1.807, 2.05) is 6.92 Å². The molecule has 6 nitrogen and oxygen atoms in total. The minimum atomic E-state index is -0.607. The van der Waals surface area contributed by atoms with Gasteiger partial charge in [-0.05, 0) is 30.2 Å². The van der Waals surface area contributed by atoms with Gasteiger partial charge in [0.15, 0.2) is 11.5 Å². The zero-order valence-electron chi connectivity index (χ0n) is 9.83. The van der Waals surface area contributed by atoms with Crippen molar-refractivity contribution >= 4 is 0 Å². The molecule has 0 aliphatic heterocycles. The maximum absolute atomic E-state index is 9.11. The van der Waals surface area contributed by atoms with E-state index in [4.69, 9.17) is 20.1 Å². The summed E-state index contributed by atoms with van der Waals surface area (Å²) in [5.41, 5.74) is 9.07. The van der Waals surface area contributed by atoms with E-state index in [0.29, 0.717) is 23.7 Å². The van der Waals surface area contributed by atoms with E-state index >= 15 is 0 Å². The fourth-order valence-corrected chi connectivity index (χ4v) is 1.44. The summed E-state index contributed by atoms with van der Waals surface area (Å²) in [4.78, 5) is 2.69. The van der Waals surface area contributed by atoms with E-state index in [1.54, 1.807) is 18.2 Å². The molecule has 0 aliphatic rings. The predicted octanol–water partition coefficient (Wildman–Crippen LogP) is 2.44. The van der Waals surface area contributed by atoms with Crippen molar-refractivity contribution in [1.82, 2.24) is 0 Å². The summed E-state index contributed by atoms with van der Waals surface area (Å²) in [6.07, 6.45) is 0. The SMILES string of the molecule is CCOc1ccc(C(CO)N=[N+]=[N-])cc1OC. The average Bonchev–Trinajstić information content (AvgIpc) is 2.37. The summed E-state index contributed by atoms with van der Waals surface area (Å²) in [5, 5.41) is 12.6. The summed E-state index contributed by atoms with van der Waals surface area (Å²) in [7, 11) is 1.53. The van der Waals surface area contributed by atoms with Crippen molar-refractivity contribution in [2.75, 3.05) is 20.3 Å². The summed E-state index contributed by atoms with van der Waals surface area (Å²) in [6.45, 7) is 2.17. The van der Waals surface area contributed by atoms with Gasteiger partial charge in [-0.25, -0.2) is 0 Å². The molecule has 0 saturated heterocycles. The van der Waals surface area contributed by atoms with Crippen LogP contribution in [0.25, 0.3) is 10.4 Å². The number of nitrogens with zero attached hydrogens (tertiary/aromatic N) is 3. The van der Waals surface area contributed by atoms with Crippen molar-refractivity contribution in [3.05, 3.63) is 34.2 Å². The first-order valence-electron chi connectivity index (χ1n) is 5.22. The van der Waals surface area contributed by atoms with E-state index in [9.17, 15) is 0 Å². The minimum Gasteiger partial charge on any atom is -0.493 e. The molecule has 0 fully saturated rings. The molecule has 0 saturated carbocycles. The van der Waals surface area contributed by atoms with Crippen LogP contribution in [0.4, 0.5) is 0 Å². The van der Waals surface area contributed by atoms with Crippen LogP contribution < -0.4 is 9.47 Å². The van der Waals surface area contributed by atoms with Gasteiger partial charge in [-0.15, -0.1) is 0 Å². The van der Waals surface area contributed by atoms with Gasteiger partial charge in [0.05, 0.1) is 26.4 Å². The maximum atomic E-state index is 9.11. The number of azide groups is 1. The van der Waals surface area contributed by atoms with E-state index in [0.717, 1.165) is 0 Å². The lowest BCUT2D eigenvalue weighted by Crippen LogP contribution is -2.02. The van der Waals surface area contributed by atoms with Crippen molar-refractivity contribution in [2.24, 2.45) is 5.11 Å². The Morgan fingerprint density at radius 2 is 2.24 bits per heavy atom. The van der Waals surface area contributed by atoms with Crippen molar-refractivity contribution in [1.29, 1.82) is 0 Å². The predicted molar refractivity (Wildman–Crippen MR) is 63.1 cm³/mol. The molecule has 1 aromatic rings. The molecule has 0 heterocycles. The van der Waals surface area contributed by atoms with Crippen LogP contribution in [0, 0.1) is 0 Å². The fourth-order valence-electron chi connectivity index (χ4n) is 1.44.